The van der Waals surface area contributed by atoms with Crippen LogP contribution in [0.2, 0.25) is 0 Å². The van der Waals surface area contributed by atoms with Gasteiger partial charge < -0.3 is 5.32 Å². The van der Waals surface area contributed by atoms with Gasteiger partial charge in [-0.2, -0.15) is 0 Å². The standard InChI is InChI=1S/C15H18N2O2S2/c1-16-9-14-8-15(10-20-14)21(18,19)17-13-6-5-11-3-2-4-12(11)7-13/h5-8,10,16-17H,2-4,9H2,1H3. The minimum Gasteiger partial charge on any atom is -0.315 e. The van der Waals surface area contributed by atoms with Crippen molar-refractivity contribution in [2.24, 2.45) is 0 Å². The third-order valence-electron chi connectivity index (χ3n) is 3.64. The monoisotopic (exact) mass is 322 g/mol. The lowest BCUT2D eigenvalue weighted by Crippen LogP contribution is -2.12. The number of nitrogens with one attached hydrogen (secondary N) is 2. The average molecular weight is 322 g/mol. The third-order valence-corrected chi connectivity index (χ3v) is 6.09. The van der Waals surface area contributed by atoms with Gasteiger partial charge in [-0.25, -0.2) is 8.42 Å². The van der Waals surface area contributed by atoms with Crippen LogP contribution in [0.1, 0.15) is 22.4 Å². The summed E-state index contributed by atoms with van der Waals surface area (Å²) in [5.41, 5.74) is 3.25. The molecule has 1 aliphatic carbocycles. The lowest BCUT2D eigenvalue weighted by atomic mass is 10.1. The molecule has 21 heavy (non-hydrogen) atoms. The first-order valence-electron chi connectivity index (χ1n) is 6.95. The third kappa shape index (κ3) is 3.12. The van der Waals surface area contributed by atoms with E-state index >= 15 is 0 Å². The van der Waals surface area contributed by atoms with Crippen LogP contribution in [0.3, 0.4) is 0 Å². The quantitative estimate of drug-likeness (QED) is 0.890. The molecule has 0 spiro atoms. The van der Waals surface area contributed by atoms with E-state index in [0.717, 1.165) is 24.1 Å². The molecule has 0 amide bonds. The number of anilines is 1. The smallest absolute Gasteiger partial charge is 0.262 e. The van der Waals surface area contributed by atoms with Crippen LogP contribution in [0.4, 0.5) is 5.69 Å². The molecular formula is C15H18N2O2S2. The molecule has 1 heterocycles. The topological polar surface area (TPSA) is 58.2 Å². The van der Waals surface area contributed by atoms with Gasteiger partial charge in [-0.3, -0.25) is 4.72 Å². The number of thiophene rings is 1. The molecule has 0 fully saturated rings. The van der Waals surface area contributed by atoms with Crippen molar-refractivity contribution in [2.45, 2.75) is 30.7 Å². The van der Waals surface area contributed by atoms with Gasteiger partial charge >= 0.3 is 0 Å². The summed E-state index contributed by atoms with van der Waals surface area (Å²) in [5, 5.41) is 4.70. The summed E-state index contributed by atoms with van der Waals surface area (Å²) in [7, 11) is -1.65. The second kappa shape index (κ2) is 5.79. The van der Waals surface area contributed by atoms with E-state index in [4.69, 9.17) is 0 Å². The highest BCUT2D eigenvalue weighted by Crippen LogP contribution is 2.27. The molecule has 0 saturated heterocycles. The van der Waals surface area contributed by atoms with Gasteiger partial charge in [0.15, 0.2) is 0 Å². The first-order valence-corrected chi connectivity index (χ1v) is 9.31. The van der Waals surface area contributed by atoms with Gasteiger partial charge in [-0.05, 0) is 55.6 Å². The van der Waals surface area contributed by atoms with Crippen LogP contribution in [0.25, 0.3) is 0 Å². The van der Waals surface area contributed by atoms with Crippen LogP contribution in [-0.4, -0.2) is 15.5 Å². The molecule has 6 heteroatoms. The van der Waals surface area contributed by atoms with Crippen molar-refractivity contribution in [2.75, 3.05) is 11.8 Å². The average Bonchev–Trinajstić information content (AvgIpc) is 3.07. The minimum atomic E-state index is -3.50. The highest BCUT2D eigenvalue weighted by Gasteiger charge is 2.18. The normalized spacial score (nSPS) is 14.1. The van der Waals surface area contributed by atoms with E-state index in [-0.39, 0.29) is 0 Å². The maximum Gasteiger partial charge on any atom is 0.262 e. The molecule has 2 N–H and O–H groups in total. The summed E-state index contributed by atoms with van der Waals surface area (Å²) in [5.74, 6) is 0. The Hall–Kier alpha value is -1.37. The SMILES string of the molecule is CNCc1cc(S(=O)(=O)Nc2ccc3c(c2)CCC3)cs1. The van der Waals surface area contributed by atoms with Gasteiger partial charge in [-0.15, -0.1) is 11.3 Å². The largest absolute Gasteiger partial charge is 0.315 e. The summed E-state index contributed by atoms with van der Waals surface area (Å²) >= 11 is 1.45. The Morgan fingerprint density at radius 2 is 2.00 bits per heavy atom. The zero-order chi connectivity index (χ0) is 14.9. The number of benzene rings is 1. The van der Waals surface area contributed by atoms with Crippen molar-refractivity contribution in [1.29, 1.82) is 0 Å². The van der Waals surface area contributed by atoms with Crippen molar-refractivity contribution in [1.82, 2.24) is 5.32 Å². The fourth-order valence-corrected chi connectivity index (χ4v) is 4.95. The van der Waals surface area contributed by atoms with Crippen molar-refractivity contribution < 1.29 is 8.42 Å². The lowest BCUT2D eigenvalue weighted by molar-refractivity contribution is 0.601. The van der Waals surface area contributed by atoms with Crippen molar-refractivity contribution in [3.63, 3.8) is 0 Å². The molecule has 0 bridgehead atoms. The molecular weight excluding hydrogens is 304 g/mol. The molecule has 112 valence electrons. The maximum atomic E-state index is 12.4. The fourth-order valence-electron chi connectivity index (χ4n) is 2.62. The molecule has 0 unspecified atom stereocenters. The number of sulfonamides is 1. The fraction of sp³-hybridized carbons (Fsp3) is 0.333. The Morgan fingerprint density at radius 1 is 1.19 bits per heavy atom. The first-order chi connectivity index (χ1) is 10.1. The van der Waals surface area contributed by atoms with Crippen LogP contribution < -0.4 is 10.0 Å². The molecule has 1 aliphatic rings. The summed E-state index contributed by atoms with van der Waals surface area (Å²) in [6.07, 6.45) is 3.29. The molecule has 3 rings (SSSR count). The Balaban J connectivity index is 1.82. The van der Waals surface area contributed by atoms with E-state index in [0.29, 0.717) is 17.1 Å². The number of aryl methyl sites for hydroxylation is 2. The molecule has 0 saturated carbocycles. The van der Waals surface area contributed by atoms with Gasteiger partial charge in [0.05, 0.1) is 4.90 Å². The molecule has 0 atom stereocenters. The minimum absolute atomic E-state index is 0.332. The predicted molar refractivity (Wildman–Crippen MR) is 86.4 cm³/mol. The summed E-state index contributed by atoms with van der Waals surface area (Å²) in [4.78, 5) is 1.34. The van der Waals surface area contributed by atoms with Crippen LogP contribution in [0.5, 0.6) is 0 Å². The van der Waals surface area contributed by atoms with E-state index in [2.05, 4.69) is 10.0 Å². The summed E-state index contributed by atoms with van der Waals surface area (Å²) in [6, 6.07) is 7.56. The molecule has 2 aromatic rings. The molecule has 0 radical (unpaired) electrons. The van der Waals surface area contributed by atoms with E-state index < -0.39 is 10.0 Å². The van der Waals surface area contributed by atoms with Gasteiger partial charge in [0.25, 0.3) is 10.0 Å². The number of hydrogen-bond acceptors (Lipinski definition) is 4. The molecule has 1 aromatic heterocycles. The Kier molecular flexibility index (Phi) is 4.01. The van der Waals surface area contributed by atoms with Crippen molar-refractivity contribution in [3.8, 4) is 0 Å². The summed E-state index contributed by atoms with van der Waals surface area (Å²) < 4.78 is 27.5. The second-order valence-electron chi connectivity index (χ2n) is 5.22. The van der Waals surface area contributed by atoms with Crippen LogP contribution in [0.15, 0.2) is 34.5 Å². The number of hydrogen-bond donors (Lipinski definition) is 2. The molecule has 4 nitrogen and oxygen atoms in total. The second-order valence-corrected chi connectivity index (χ2v) is 7.90. The van der Waals surface area contributed by atoms with Crippen LogP contribution in [-0.2, 0) is 29.4 Å². The first kappa shape index (κ1) is 14.6. The molecule has 1 aromatic carbocycles. The zero-order valence-electron chi connectivity index (χ0n) is 11.8. The number of rotatable bonds is 5. The van der Waals surface area contributed by atoms with E-state index in [1.807, 2.05) is 25.2 Å². The lowest BCUT2D eigenvalue weighted by Gasteiger charge is -2.08. The molecule has 0 aliphatic heterocycles. The van der Waals surface area contributed by atoms with E-state index in [1.54, 1.807) is 11.4 Å². The van der Waals surface area contributed by atoms with Gasteiger partial charge in [0.2, 0.25) is 0 Å². The van der Waals surface area contributed by atoms with Crippen molar-refractivity contribution in [3.05, 3.63) is 45.6 Å². The highest BCUT2D eigenvalue weighted by molar-refractivity contribution is 7.92. The Morgan fingerprint density at radius 3 is 2.81 bits per heavy atom. The van der Waals surface area contributed by atoms with Gasteiger partial charge in [-0.1, -0.05) is 6.07 Å². The number of fused-ring (bicyclic) bond motifs is 1. The van der Waals surface area contributed by atoms with Crippen LogP contribution in [0, 0.1) is 0 Å². The predicted octanol–water partition coefficient (Wildman–Crippen LogP) is 2.76. The van der Waals surface area contributed by atoms with E-state index in [9.17, 15) is 8.42 Å². The maximum absolute atomic E-state index is 12.4. The Labute approximate surface area is 129 Å². The van der Waals surface area contributed by atoms with Gasteiger partial charge in [0, 0.05) is 22.5 Å². The highest BCUT2D eigenvalue weighted by atomic mass is 32.2. The zero-order valence-corrected chi connectivity index (χ0v) is 13.5. The van der Waals surface area contributed by atoms with Gasteiger partial charge in [0.1, 0.15) is 0 Å². The van der Waals surface area contributed by atoms with Crippen LogP contribution >= 0.6 is 11.3 Å². The van der Waals surface area contributed by atoms with Crippen molar-refractivity contribution >= 4 is 27.0 Å². The van der Waals surface area contributed by atoms with E-state index in [1.165, 1.54) is 22.5 Å². The summed E-state index contributed by atoms with van der Waals surface area (Å²) in [6.45, 7) is 0.680. The Bertz CT molecular complexity index is 751.